The van der Waals surface area contributed by atoms with Gasteiger partial charge in [0.05, 0.1) is 11.2 Å². The molecule has 0 aromatic heterocycles. The summed E-state index contributed by atoms with van der Waals surface area (Å²) in [5.74, 6) is -4.93. The third-order valence-corrected chi connectivity index (χ3v) is 2.43. The molecular formula is C7H12N2O5S. The Labute approximate surface area is 90.8 Å². The summed E-state index contributed by atoms with van der Waals surface area (Å²) in [6, 6.07) is -1.36. The normalized spacial score (nSPS) is 16.4. The fraction of sp³-hybridized carbons (Fsp3) is 0.571. The van der Waals surface area contributed by atoms with Gasteiger partial charge in [-0.1, -0.05) is 0 Å². The van der Waals surface area contributed by atoms with E-state index in [-0.39, 0.29) is 0 Å². The molecule has 0 aromatic carbocycles. The Kier molecular flexibility index (Phi) is 5.09. The molecule has 6 N–H and O–H groups in total. The van der Waals surface area contributed by atoms with E-state index in [0.29, 0.717) is 0 Å². The molecule has 0 aliphatic heterocycles. The van der Waals surface area contributed by atoms with Crippen molar-refractivity contribution < 1.29 is 24.6 Å². The van der Waals surface area contributed by atoms with Crippen LogP contribution >= 0.6 is 12.6 Å². The molecule has 86 valence electrons. The predicted octanol–water partition coefficient (Wildman–Crippen LogP) is -1.73. The van der Waals surface area contributed by atoms with Crippen LogP contribution < -0.4 is 11.5 Å². The highest BCUT2D eigenvalue weighted by Crippen LogP contribution is 2.16. The number of carboxylic acids is 2. The second-order valence-corrected chi connectivity index (χ2v) is 3.53. The SMILES string of the molecule is NC(=O)C(S)C(C[C@H](N)C(=O)O)C(=O)O. The molecule has 0 aromatic rings. The van der Waals surface area contributed by atoms with Crippen molar-refractivity contribution in [1.82, 2.24) is 0 Å². The van der Waals surface area contributed by atoms with Gasteiger partial charge in [-0.2, -0.15) is 12.6 Å². The highest BCUT2D eigenvalue weighted by atomic mass is 32.1. The lowest BCUT2D eigenvalue weighted by molar-refractivity contribution is -0.145. The minimum absolute atomic E-state index is 0.401. The van der Waals surface area contributed by atoms with Gasteiger partial charge in [0.2, 0.25) is 5.91 Å². The van der Waals surface area contributed by atoms with Crippen LogP contribution in [0, 0.1) is 5.92 Å². The lowest BCUT2D eigenvalue weighted by Gasteiger charge is -2.18. The Bertz CT molecular complexity index is 283. The summed E-state index contributed by atoms with van der Waals surface area (Å²) in [7, 11) is 0. The molecule has 0 bridgehead atoms. The van der Waals surface area contributed by atoms with Crippen molar-refractivity contribution in [2.24, 2.45) is 17.4 Å². The molecule has 1 amide bonds. The lowest BCUT2D eigenvalue weighted by Crippen LogP contribution is -2.41. The highest BCUT2D eigenvalue weighted by Gasteiger charge is 2.32. The summed E-state index contributed by atoms with van der Waals surface area (Å²) in [6.07, 6.45) is -0.401. The quantitative estimate of drug-likeness (QED) is 0.347. The monoisotopic (exact) mass is 236 g/mol. The van der Waals surface area contributed by atoms with Gasteiger partial charge in [-0.15, -0.1) is 0 Å². The Morgan fingerprint density at radius 2 is 1.67 bits per heavy atom. The molecule has 15 heavy (non-hydrogen) atoms. The molecular weight excluding hydrogens is 224 g/mol. The minimum Gasteiger partial charge on any atom is -0.481 e. The van der Waals surface area contributed by atoms with Crippen LogP contribution in [0.2, 0.25) is 0 Å². The first-order valence-corrected chi connectivity index (χ1v) is 4.47. The zero-order valence-electron chi connectivity index (χ0n) is 7.66. The highest BCUT2D eigenvalue weighted by molar-refractivity contribution is 7.81. The van der Waals surface area contributed by atoms with E-state index in [2.05, 4.69) is 12.6 Å². The number of aliphatic carboxylic acids is 2. The number of thiol groups is 1. The van der Waals surface area contributed by atoms with Gasteiger partial charge < -0.3 is 21.7 Å². The maximum atomic E-state index is 10.7. The van der Waals surface area contributed by atoms with Gasteiger partial charge in [-0.25, -0.2) is 0 Å². The number of carboxylic acid groups (broad SMARTS) is 2. The third kappa shape index (κ3) is 4.17. The molecule has 0 radical (unpaired) electrons. The zero-order chi connectivity index (χ0) is 12.2. The van der Waals surface area contributed by atoms with Gasteiger partial charge in [0.1, 0.15) is 6.04 Å². The molecule has 0 rings (SSSR count). The van der Waals surface area contributed by atoms with Crippen molar-refractivity contribution in [3.05, 3.63) is 0 Å². The largest absolute Gasteiger partial charge is 0.481 e. The van der Waals surface area contributed by atoms with Crippen LogP contribution in [0.4, 0.5) is 0 Å². The van der Waals surface area contributed by atoms with E-state index < -0.39 is 41.5 Å². The van der Waals surface area contributed by atoms with Gasteiger partial charge in [0.15, 0.2) is 0 Å². The molecule has 0 aliphatic carbocycles. The Balaban J connectivity index is 4.62. The first kappa shape index (κ1) is 13.7. The molecule has 3 atom stereocenters. The van der Waals surface area contributed by atoms with E-state index in [1.165, 1.54) is 0 Å². The number of nitrogens with two attached hydrogens (primary N) is 2. The van der Waals surface area contributed by atoms with Gasteiger partial charge in [-0.05, 0) is 6.42 Å². The smallest absolute Gasteiger partial charge is 0.320 e. The van der Waals surface area contributed by atoms with E-state index >= 15 is 0 Å². The average Bonchev–Trinajstić information content (AvgIpc) is 2.11. The number of hydrogen-bond donors (Lipinski definition) is 5. The number of carbonyl (C=O) groups is 3. The lowest BCUT2D eigenvalue weighted by atomic mass is 9.96. The van der Waals surface area contributed by atoms with Crippen molar-refractivity contribution in [2.75, 3.05) is 0 Å². The van der Waals surface area contributed by atoms with Crippen molar-refractivity contribution >= 4 is 30.5 Å². The third-order valence-electron chi connectivity index (χ3n) is 1.81. The fourth-order valence-electron chi connectivity index (χ4n) is 0.937. The summed E-state index contributed by atoms with van der Waals surface area (Å²) in [6.45, 7) is 0. The minimum atomic E-state index is -1.36. The zero-order valence-corrected chi connectivity index (χ0v) is 8.55. The van der Waals surface area contributed by atoms with Crippen LogP contribution in [0.1, 0.15) is 6.42 Å². The van der Waals surface area contributed by atoms with Crippen molar-refractivity contribution in [2.45, 2.75) is 17.7 Å². The van der Waals surface area contributed by atoms with Crippen molar-refractivity contribution in [3.63, 3.8) is 0 Å². The number of carbonyl (C=O) groups excluding carboxylic acids is 1. The maximum absolute atomic E-state index is 10.7. The van der Waals surface area contributed by atoms with Crippen LogP contribution in [0.15, 0.2) is 0 Å². The van der Waals surface area contributed by atoms with E-state index in [4.69, 9.17) is 21.7 Å². The van der Waals surface area contributed by atoms with Crippen LogP contribution in [-0.2, 0) is 14.4 Å². The molecule has 0 spiro atoms. The molecule has 8 heteroatoms. The van der Waals surface area contributed by atoms with Crippen LogP contribution in [0.5, 0.6) is 0 Å². The van der Waals surface area contributed by atoms with Crippen LogP contribution in [-0.4, -0.2) is 39.4 Å². The molecule has 0 fully saturated rings. The standard InChI is InChI=1S/C7H12N2O5S/c8-3(7(13)14)1-2(6(11)12)4(15)5(9)10/h2-4,15H,1,8H2,(H2,9,10)(H,11,12)(H,13,14)/t2?,3-,4?/m0/s1. The molecule has 2 unspecified atom stereocenters. The van der Waals surface area contributed by atoms with Gasteiger partial charge in [-0.3, -0.25) is 14.4 Å². The second-order valence-electron chi connectivity index (χ2n) is 2.97. The summed E-state index contributed by atoms with van der Waals surface area (Å²) >= 11 is 3.70. The van der Waals surface area contributed by atoms with E-state index in [1.807, 2.05) is 0 Å². The van der Waals surface area contributed by atoms with Crippen molar-refractivity contribution in [3.8, 4) is 0 Å². The van der Waals surface area contributed by atoms with E-state index in [0.717, 1.165) is 0 Å². The molecule has 7 nitrogen and oxygen atoms in total. The molecule has 0 saturated carbocycles. The molecule has 0 aliphatic rings. The Morgan fingerprint density at radius 1 is 1.20 bits per heavy atom. The Hall–Kier alpha value is -1.28. The maximum Gasteiger partial charge on any atom is 0.320 e. The summed E-state index contributed by atoms with van der Waals surface area (Å²) in [5, 5.41) is 15.9. The van der Waals surface area contributed by atoms with Crippen LogP contribution in [0.3, 0.4) is 0 Å². The topological polar surface area (TPSA) is 144 Å². The number of amides is 1. The fourth-order valence-corrected chi connectivity index (χ4v) is 1.19. The molecule has 0 heterocycles. The van der Waals surface area contributed by atoms with Gasteiger partial charge >= 0.3 is 11.9 Å². The summed E-state index contributed by atoms with van der Waals surface area (Å²) in [4.78, 5) is 31.8. The van der Waals surface area contributed by atoms with Crippen LogP contribution in [0.25, 0.3) is 0 Å². The predicted molar refractivity (Wildman–Crippen MR) is 53.3 cm³/mol. The Morgan fingerprint density at radius 3 is 1.93 bits per heavy atom. The first-order valence-electron chi connectivity index (χ1n) is 3.96. The molecule has 0 saturated heterocycles. The first-order chi connectivity index (χ1) is 6.77. The van der Waals surface area contributed by atoms with Gasteiger partial charge in [0, 0.05) is 0 Å². The van der Waals surface area contributed by atoms with Crippen molar-refractivity contribution in [1.29, 1.82) is 0 Å². The number of rotatable bonds is 6. The average molecular weight is 236 g/mol. The number of hydrogen-bond acceptors (Lipinski definition) is 5. The van der Waals surface area contributed by atoms with E-state index in [9.17, 15) is 14.4 Å². The van der Waals surface area contributed by atoms with Gasteiger partial charge in [0.25, 0.3) is 0 Å². The second kappa shape index (κ2) is 5.56. The van der Waals surface area contributed by atoms with E-state index in [1.54, 1.807) is 0 Å². The summed E-state index contributed by atoms with van der Waals surface area (Å²) in [5.41, 5.74) is 10.0. The summed E-state index contributed by atoms with van der Waals surface area (Å²) < 4.78 is 0. The number of primary amides is 1.